The molecule has 0 bridgehead atoms. The van der Waals surface area contributed by atoms with Crippen molar-refractivity contribution in [3.8, 4) is 34.1 Å². The number of carboxylic acid groups (broad SMARTS) is 1. The highest BCUT2D eigenvalue weighted by atomic mass is 16.5. The second kappa shape index (κ2) is 11.4. The van der Waals surface area contributed by atoms with Gasteiger partial charge in [0.05, 0.1) is 12.3 Å². The molecular weight excluding hydrogens is 442 g/mol. The monoisotopic (exact) mass is 471 g/mol. The largest absolute Gasteiger partial charge is 0.493 e. The van der Waals surface area contributed by atoms with Gasteiger partial charge in [-0.2, -0.15) is 0 Å². The lowest BCUT2D eigenvalue weighted by Gasteiger charge is -2.14. The number of carboxylic acids is 1. The molecule has 1 atom stereocenters. The summed E-state index contributed by atoms with van der Waals surface area (Å²) in [7, 11) is 0. The van der Waals surface area contributed by atoms with Gasteiger partial charge in [-0.1, -0.05) is 56.3 Å². The molecule has 0 saturated heterocycles. The third-order valence-corrected chi connectivity index (χ3v) is 5.65. The molecule has 0 amide bonds. The van der Waals surface area contributed by atoms with E-state index in [1.807, 2.05) is 72.8 Å². The zero-order valence-corrected chi connectivity index (χ0v) is 19.9. The van der Waals surface area contributed by atoms with Crippen LogP contribution in [0.2, 0.25) is 0 Å². The molecule has 0 aliphatic carbocycles. The first-order valence-corrected chi connectivity index (χ1v) is 11.8. The minimum Gasteiger partial charge on any atom is -0.493 e. The Bertz CT molecular complexity index is 1270. The predicted molar refractivity (Wildman–Crippen MR) is 135 cm³/mol. The Morgan fingerprint density at radius 1 is 0.914 bits per heavy atom. The van der Waals surface area contributed by atoms with Crippen LogP contribution in [0, 0.1) is 0 Å². The van der Waals surface area contributed by atoms with E-state index in [0.29, 0.717) is 31.1 Å². The molecule has 4 rings (SSSR count). The number of aryl methyl sites for hydroxylation is 1. The number of benzene rings is 3. The number of rotatable bonds is 11. The third-order valence-electron chi connectivity index (χ3n) is 5.65. The van der Waals surface area contributed by atoms with Crippen molar-refractivity contribution in [2.45, 2.75) is 39.2 Å². The van der Waals surface area contributed by atoms with Crippen molar-refractivity contribution < 1.29 is 23.8 Å². The van der Waals surface area contributed by atoms with E-state index in [1.54, 1.807) is 13.0 Å². The van der Waals surface area contributed by atoms with Gasteiger partial charge in [-0.15, -0.1) is 0 Å². The molecule has 6 heteroatoms. The van der Waals surface area contributed by atoms with Crippen LogP contribution in [-0.2, 0) is 17.6 Å². The summed E-state index contributed by atoms with van der Waals surface area (Å²) in [4.78, 5) is 16.0. The maximum Gasteiger partial charge on any atom is 0.344 e. The van der Waals surface area contributed by atoms with E-state index < -0.39 is 12.1 Å². The lowest BCUT2D eigenvalue weighted by atomic mass is 10.1. The van der Waals surface area contributed by atoms with E-state index in [0.717, 1.165) is 40.3 Å². The minimum atomic E-state index is -0.970. The number of carbonyl (C=O) groups is 1. The van der Waals surface area contributed by atoms with Gasteiger partial charge in [-0.3, -0.25) is 0 Å². The summed E-state index contributed by atoms with van der Waals surface area (Å²) in [6.07, 6.45) is 0.928. The molecule has 180 valence electrons. The highest BCUT2D eigenvalue weighted by molar-refractivity contribution is 5.73. The van der Waals surface area contributed by atoms with Crippen LogP contribution in [0.25, 0.3) is 22.6 Å². The zero-order valence-electron chi connectivity index (χ0n) is 19.9. The molecule has 0 fully saturated rings. The highest BCUT2D eigenvalue weighted by Crippen LogP contribution is 2.28. The van der Waals surface area contributed by atoms with Crippen molar-refractivity contribution in [1.82, 2.24) is 4.98 Å². The van der Waals surface area contributed by atoms with Crippen LogP contribution in [0.3, 0.4) is 0 Å². The second-order valence-electron chi connectivity index (χ2n) is 8.12. The number of aromatic nitrogens is 1. The lowest BCUT2D eigenvalue weighted by Crippen LogP contribution is -2.25. The van der Waals surface area contributed by atoms with Gasteiger partial charge in [0.1, 0.15) is 17.3 Å². The molecule has 0 aliphatic rings. The smallest absolute Gasteiger partial charge is 0.344 e. The zero-order chi connectivity index (χ0) is 24.6. The molecule has 6 nitrogen and oxygen atoms in total. The van der Waals surface area contributed by atoms with Crippen molar-refractivity contribution in [2.24, 2.45) is 0 Å². The van der Waals surface area contributed by atoms with E-state index in [-0.39, 0.29) is 0 Å². The molecule has 0 spiro atoms. The number of aliphatic carboxylic acids is 1. The summed E-state index contributed by atoms with van der Waals surface area (Å²) < 4.78 is 17.7. The topological polar surface area (TPSA) is 81.8 Å². The normalized spacial score (nSPS) is 11.7. The lowest BCUT2D eigenvalue weighted by molar-refractivity contribution is -0.145. The van der Waals surface area contributed by atoms with Crippen LogP contribution in [0.1, 0.15) is 31.7 Å². The standard InChI is InChI=1S/C29H29NO5/c1-3-26-25(30-28(35-26)20-10-6-5-7-11-20)16-17-33-23-14-8-12-21(18-23)22-13-9-15-24(19-22)34-27(4-2)29(31)32/h5-15,18-19,27H,3-4,16-17H2,1-2H3,(H,31,32). The molecule has 0 radical (unpaired) electrons. The maximum atomic E-state index is 11.3. The summed E-state index contributed by atoms with van der Waals surface area (Å²) in [6.45, 7) is 4.31. The first kappa shape index (κ1) is 24.1. The van der Waals surface area contributed by atoms with E-state index in [2.05, 4.69) is 6.92 Å². The Morgan fingerprint density at radius 3 is 2.23 bits per heavy atom. The van der Waals surface area contributed by atoms with E-state index in [4.69, 9.17) is 18.9 Å². The van der Waals surface area contributed by atoms with Crippen LogP contribution in [-0.4, -0.2) is 28.8 Å². The molecule has 0 saturated carbocycles. The predicted octanol–water partition coefficient (Wildman–Crippen LogP) is 6.43. The van der Waals surface area contributed by atoms with Gasteiger partial charge in [-0.05, 0) is 53.9 Å². The van der Waals surface area contributed by atoms with Gasteiger partial charge in [0, 0.05) is 18.4 Å². The first-order valence-electron chi connectivity index (χ1n) is 11.8. The number of hydrogen-bond acceptors (Lipinski definition) is 5. The molecule has 3 aromatic carbocycles. The van der Waals surface area contributed by atoms with Gasteiger partial charge in [0.15, 0.2) is 6.10 Å². The number of nitrogens with zero attached hydrogens (tertiary/aromatic N) is 1. The Hall–Kier alpha value is -4.06. The van der Waals surface area contributed by atoms with E-state index >= 15 is 0 Å². The SMILES string of the molecule is CCc1oc(-c2ccccc2)nc1CCOc1cccc(-c2cccc(OC(CC)C(=O)O)c2)c1. The highest BCUT2D eigenvalue weighted by Gasteiger charge is 2.17. The van der Waals surface area contributed by atoms with Gasteiger partial charge >= 0.3 is 5.97 Å². The van der Waals surface area contributed by atoms with Crippen molar-refractivity contribution in [3.05, 3.63) is 90.3 Å². The van der Waals surface area contributed by atoms with Gasteiger partial charge in [0.2, 0.25) is 5.89 Å². The minimum absolute atomic E-state index is 0.390. The van der Waals surface area contributed by atoms with Crippen LogP contribution in [0.4, 0.5) is 0 Å². The van der Waals surface area contributed by atoms with Crippen molar-refractivity contribution in [2.75, 3.05) is 6.61 Å². The molecular formula is C29H29NO5. The Labute approximate surface area is 205 Å². The van der Waals surface area contributed by atoms with Crippen LogP contribution >= 0.6 is 0 Å². The van der Waals surface area contributed by atoms with Crippen LogP contribution in [0.5, 0.6) is 11.5 Å². The van der Waals surface area contributed by atoms with Gasteiger partial charge in [-0.25, -0.2) is 9.78 Å². The van der Waals surface area contributed by atoms with Gasteiger partial charge in [0.25, 0.3) is 0 Å². The van der Waals surface area contributed by atoms with Crippen LogP contribution in [0.15, 0.2) is 83.3 Å². The maximum absolute atomic E-state index is 11.3. The Morgan fingerprint density at radius 2 is 1.57 bits per heavy atom. The second-order valence-corrected chi connectivity index (χ2v) is 8.12. The van der Waals surface area contributed by atoms with E-state index in [1.165, 1.54) is 0 Å². The molecule has 1 N–H and O–H groups in total. The molecule has 1 aromatic heterocycles. The fourth-order valence-corrected chi connectivity index (χ4v) is 3.81. The average molecular weight is 472 g/mol. The summed E-state index contributed by atoms with van der Waals surface area (Å²) >= 11 is 0. The third kappa shape index (κ3) is 6.09. The fraction of sp³-hybridized carbons (Fsp3) is 0.241. The van der Waals surface area contributed by atoms with Crippen molar-refractivity contribution >= 4 is 5.97 Å². The molecule has 4 aromatic rings. The fourth-order valence-electron chi connectivity index (χ4n) is 3.81. The quantitative estimate of drug-likeness (QED) is 0.271. The summed E-state index contributed by atoms with van der Waals surface area (Å²) in [5.74, 6) is 1.81. The van der Waals surface area contributed by atoms with Crippen molar-refractivity contribution in [3.63, 3.8) is 0 Å². The number of ether oxygens (including phenoxy) is 2. The van der Waals surface area contributed by atoms with Crippen molar-refractivity contribution in [1.29, 1.82) is 0 Å². The summed E-state index contributed by atoms with van der Waals surface area (Å²) in [5, 5.41) is 9.26. The van der Waals surface area contributed by atoms with Crippen LogP contribution < -0.4 is 9.47 Å². The Kier molecular flexibility index (Phi) is 7.83. The Balaban J connectivity index is 1.42. The van der Waals surface area contributed by atoms with Gasteiger partial charge < -0.3 is 19.0 Å². The molecule has 1 heterocycles. The summed E-state index contributed by atoms with van der Waals surface area (Å²) in [5.41, 5.74) is 3.75. The van der Waals surface area contributed by atoms with E-state index in [9.17, 15) is 9.90 Å². The average Bonchev–Trinajstić information content (AvgIpc) is 3.31. The molecule has 1 unspecified atom stereocenters. The first-order chi connectivity index (χ1) is 17.1. The molecule has 35 heavy (non-hydrogen) atoms. The molecule has 0 aliphatic heterocycles. The number of hydrogen-bond donors (Lipinski definition) is 1. The summed E-state index contributed by atoms with van der Waals surface area (Å²) in [6, 6.07) is 25.1. The number of oxazole rings is 1.